The van der Waals surface area contributed by atoms with E-state index in [9.17, 15) is 4.39 Å². The lowest BCUT2D eigenvalue weighted by Gasteiger charge is -2.05. The predicted molar refractivity (Wildman–Crippen MR) is 474 cm³/mol. The van der Waals surface area contributed by atoms with E-state index in [1.54, 1.807) is 75.3 Å². The van der Waals surface area contributed by atoms with Gasteiger partial charge in [0.1, 0.15) is 23.2 Å². The Balaban J connectivity index is -0.000000120. The summed E-state index contributed by atoms with van der Waals surface area (Å²) in [5, 5.41) is 2.10. The molecule has 106 heavy (non-hydrogen) atoms. The first-order chi connectivity index (χ1) is 45.4. The van der Waals surface area contributed by atoms with Crippen molar-refractivity contribution in [2.75, 3.05) is 7.11 Å². The Labute approximate surface area is 673 Å². The van der Waals surface area contributed by atoms with Crippen LogP contribution < -0.4 is 4.74 Å². The fraction of sp³-hybridized carbons (Fsp3) is 0.456. The molecule has 0 saturated heterocycles. The van der Waals surface area contributed by atoms with Crippen LogP contribution >= 0.6 is 50.7 Å². The molecule has 0 fully saturated rings. The molecule has 0 atom stereocenters. The average molecular weight is 1590 g/mol. The maximum absolute atomic E-state index is 12.3. The number of benzene rings is 3. The monoisotopic (exact) mass is 1590 g/mol. The summed E-state index contributed by atoms with van der Waals surface area (Å²) in [5.41, 5.74) is 9.61. The standard InChI is InChI=1S/C10H14O.C9H11Cl.C9H12.C8H10ClN.C8H10FN.C8H11N.C7H9BrN2.C7H9ClN2.C7H10N2.C7H10O.10CH4/c1-8(2)9-4-6-10(11-3)7-5-9;1-7(2)8-3-5-9(10)6-4-8;1-8(2)9-6-4-3-5-7-9;2*1-6(2)8-4-3-7(9)5-10-8;1-7(2)8-5-3-4-6-9-8;2*1-5(2)7-9-3-6(8)4-10-7;1-6(2)7-5-8-3-4-9-7;1-6(2)7-3-4-8-5-7;;;;;;;;;;/h4-8H,1-3H3;3-7H,1-2H3;3-8H,1-2H3;2*3-6H,1-2H3;3-7H,1-2H3;2*3-5H,1-2H3;3-6H,1-2H3;3-6H,1-2H3;10*1H4. The summed E-state index contributed by atoms with van der Waals surface area (Å²) in [6, 6.07) is 41.6. The molecule has 10 rings (SSSR count). The van der Waals surface area contributed by atoms with Crippen LogP contribution in [0, 0.1) is 5.82 Å². The van der Waals surface area contributed by atoms with Crippen molar-refractivity contribution >= 4 is 50.7 Å². The van der Waals surface area contributed by atoms with Crippen molar-refractivity contribution in [3.05, 3.63) is 284 Å². The van der Waals surface area contributed by atoms with Crippen molar-refractivity contribution in [3.8, 4) is 5.75 Å². The van der Waals surface area contributed by atoms with Gasteiger partial charge in [-0.25, -0.2) is 24.3 Å². The first kappa shape index (κ1) is 120. The number of hydrogen-bond donors (Lipinski definition) is 0. The van der Waals surface area contributed by atoms with E-state index in [-0.39, 0.29) is 80.1 Å². The highest BCUT2D eigenvalue weighted by Crippen LogP contribution is 2.21. The van der Waals surface area contributed by atoms with Gasteiger partial charge in [0.25, 0.3) is 0 Å². The lowest BCUT2D eigenvalue weighted by atomic mass is 10.0. The van der Waals surface area contributed by atoms with Crippen molar-refractivity contribution in [1.29, 1.82) is 0 Å². The normalized spacial score (nSPS) is 9.32. The zero-order valence-electron chi connectivity index (χ0n) is 60.6. The van der Waals surface area contributed by atoms with Crippen LogP contribution in [-0.4, -0.2) is 52.0 Å². The van der Waals surface area contributed by atoms with Crippen LogP contribution in [0.1, 0.15) is 329 Å². The second-order valence-electron chi connectivity index (χ2n) is 25.0. The first-order valence-corrected chi connectivity index (χ1v) is 34.7. The molecule has 0 amide bonds. The topological polar surface area (TPSA) is 138 Å². The minimum Gasteiger partial charge on any atom is -0.497 e. The Morgan fingerprint density at radius 1 is 0.321 bits per heavy atom. The van der Waals surface area contributed by atoms with Crippen LogP contribution in [0.25, 0.3) is 0 Å². The summed E-state index contributed by atoms with van der Waals surface area (Å²) < 4.78 is 23.1. The summed E-state index contributed by atoms with van der Waals surface area (Å²) >= 11 is 20.2. The fourth-order valence-corrected chi connectivity index (χ4v) is 7.84. The number of aromatic nitrogens is 9. The number of rotatable bonds is 11. The van der Waals surface area contributed by atoms with Crippen molar-refractivity contribution in [2.24, 2.45) is 0 Å². The summed E-state index contributed by atoms with van der Waals surface area (Å²) in [7, 11) is 1.68. The Morgan fingerprint density at radius 3 is 1.00 bits per heavy atom. The van der Waals surface area contributed by atoms with Crippen molar-refractivity contribution in [1.82, 2.24) is 44.9 Å². The smallest absolute Gasteiger partial charge is 0.141 e. The summed E-state index contributed by atoms with van der Waals surface area (Å²) in [5.74, 6) is 7.50. The number of hydrogen-bond acceptors (Lipinski definition) is 11. The second kappa shape index (κ2) is 69.5. The van der Waals surface area contributed by atoms with E-state index in [2.05, 4.69) is 220 Å². The molecule has 7 aromatic heterocycles. The van der Waals surface area contributed by atoms with Gasteiger partial charge in [0.15, 0.2) is 0 Å². The van der Waals surface area contributed by atoms with Crippen LogP contribution in [0.5, 0.6) is 5.75 Å². The molecule has 0 spiro atoms. The van der Waals surface area contributed by atoms with Crippen LogP contribution in [0.4, 0.5) is 4.39 Å². The zero-order chi connectivity index (χ0) is 72.1. The number of halogens is 5. The van der Waals surface area contributed by atoms with E-state index in [1.165, 1.54) is 34.5 Å². The number of nitrogens with zero attached hydrogens (tertiary/aromatic N) is 9. The number of methoxy groups -OCH3 is 1. The average Bonchev–Trinajstić information content (AvgIpc) is 1.39. The van der Waals surface area contributed by atoms with Gasteiger partial charge in [-0.3, -0.25) is 24.9 Å². The van der Waals surface area contributed by atoms with Crippen LogP contribution in [0.15, 0.2) is 211 Å². The van der Waals surface area contributed by atoms with Gasteiger partial charge in [-0.1, -0.05) is 308 Å². The van der Waals surface area contributed by atoms with Crippen molar-refractivity contribution in [3.63, 3.8) is 0 Å². The van der Waals surface area contributed by atoms with Crippen molar-refractivity contribution < 1.29 is 13.5 Å². The molecule has 0 aliphatic carbocycles. The molecule has 7 heterocycles. The SMILES string of the molecule is C.C.C.C.C.C.C.C.C.C.CC(C)c1ccc(Cl)cc1.CC(C)c1ccc(Cl)cn1.CC(C)c1ccc(F)cn1.CC(C)c1ccccc1.CC(C)c1ccccn1.CC(C)c1ccoc1.CC(C)c1cnccn1.CC(C)c1ncc(Br)cn1.CC(C)c1ncc(Cl)cn1.COc1ccc(C(C)C)cc1. The van der Waals surface area contributed by atoms with E-state index in [1.807, 2.05) is 101 Å². The third-order valence-corrected chi connectivity index (χ3v) is 14.5. The largest absolute Gasteiger partial charge is 0.497 e. The van der Waals surface area contributed by atoms with Crippen LogP contribution in [0.2, 0.25) is 15.1 Å². The molecule has 3 aromatic carbocycles. The summed E-state index contributed by atoms with van der Waals surface area (Å²) in [6.07, 6.45) is 20.2. The summed E-state index contributed by atoms with van der Waals surface area (Å²) in [6.45, 7) is 42.4. The third kappa shape index (κ3) is 56.1. The Kier molecular flexibility index (Phi) is 78.5. The summed E-state index contributed by atoms with van der Waals surface area (Å²) in [4.78, 5) is 36.6. The molecule has 0 bridgehead atoms. The van der Waals surface area contributed by atoms with E-state index >= 15 is 0 Å². The first-order valence-electron chi connectivity index (χ1n) is 32.8. The highest BCUT2D eigenvalue weighted by atomic mass is 79.9. The molecule has 0 unspecified atom stereocenters. The van der Waals surface area contributed by atoms with Gasteiger partial charge in [-0.15, -0.1) is 0 Å². The molecular weight excluding hydrogens is 1440 g/mol. The number of pyridine rings is 3. The molecule has 0 radical (unpaired) electrons. The Hall–Kier alpha value is -7.29. The van der Waals surface area contributed by atoms with Gasteiger partial charge in [0.05, 0.1) is 46.0 Å². The predicted octanol–water partition coefficient (Wildman–Crippen LogP) is 31.5. The molecule has 0 saturated carbocycles. The number of ether oxygens (including phenoxy) is 1. The Bertz CT molecular complexity index is 3050. The van der Waals surface area contributed by atoms with Crippen molar-refractivity contribution in [2.45, 2.75) is 272 Å². The van der Waals surface area contributed by atoms with Gasteiger partial charge in [0.2, 0.25) is 0 Å². The van der Waals surface area contributed by atoms with Gasteiger partial charge < -0.3 is 9.15 Å². The molecule has 0 N–H and O–H groups in total. The maximum atomic E-state index is 12.3. The minimum atomic E-state index is -0.274. The van der Waals surface area contributed by atoms with E-state index < -0.39 is 0 Å². The molecular formula is C90H146BrCl3FN9O2. The van der Waals surface area contributed by atoms with Gasteiger partial charge in [-0.2, -0.15) is 0 Å². The second-order valence-corrected chi connectivity index (χ2v) is 27.3. The highest BCUT2D eigenvalue weighted by Gasteiger charge is 2.05. The maximum Gasteiger partial charge on any atom is 0.141 e. The molecule has 10 aromatic rings. The lowest BCUT2D eigenvalue weighted by molar-refractivity contribution is 0.414. The van der Waals surface area contributed by atoms with Gasteiger partial charge >= 0.3 is 0 Å². The fourth-order valence-electron chi connectivity index (χ4n) is 7.30. The van der Waals surface area contributed by atoms with Gasteiger partial charge in [-0.05, 0) is 152 Å². The zero-order valence-corrected chi connectivity index (χ0v) is 64.4. The minimum absolute atomic E-state index is 0. The lowest BCUT2D eigenvalue weighted by Crippen LogP contribution is -1.94. The van der Waals surface area contributed by atoms with E-state index in [0.717, 1.165) is 49.7 Å². The Morgan fingerprint density at radius 2 is 0.698 bits per heavy atom. The molecule has 0 aliphatic heterocycles. The number of furan rings is 1. The van der Waals surface area contributed by atoms with E-state index in [4.69, 9.17) is 44.0 Å². The molecule has 0 aliphatic rings. The van der Waals surface area contributed by atoms with Crippen LogP contribution in [-0.2, 0) is 0 Å². The van der Waals surface area contributed by atoms with E-state index in [0.29, 0.717) is 69.2 Å². The molecule has 598 valence electrons. The van der Waals surface area contributed by atoms with Gasteiger partial charge in [0, 0.05) is 89.7 Å². The highest BCUT2D eigenvalue weighted by molar-refractivity contribution is 9.10. The molecule has 11 nitrogen and oxygen atoms in total. The third-order valence-electron chi connectivity index (χ3n) is 13.4. The quantitative estimate of drug-likeness (QED) is 0.122. The molecule has 16 heteroatoms. The van der Waals surface area contributed by atoms with Crippen LogP contribution in [0.3, 0.4) is 0 Å².